The van der Waals surface area contributed by atoms with E-state index in [1.165, 1.54) is 20.8 Å². The van der Waals surface area contributed by atoms with Crippen LogP contribution in [0.1, 0.15) is 33.6 Å². The minimum Gasteiger partial charge on any atom is -0.460 e. The maximum absolute atomic E-state index is 14.6. The van der Waals surface area contributed by atoms with E-state index in [1.807, 2.05) is 58.9 Å². The van der Waals surface area contributed by atoms with Crippen molar-refractivity contribution in [1.82, 2.24) is 0 Å². The summed E-state index contributed by atoms with van der Waals surface area (Å²) in [6, 6.07) is 0. The Kier molecular flexibility index (Phi) is 14.5. The Hall–Kier alpha value is -0.179. The van der Waals surface area contributed by atoms with Gasteiger partial charge in [0.1, 0.15) is 0 Å². The van der Waals surface area contributed by atoms with Gasteiger partial charge in [0, 0.05) is 18.5 Å². The van der Waals surface area contributed by atoms with Crippen LogP contribution >= 0.6 is 0 Å². The number of halogens is 7. The van der Waals surface area contributed by atoms with E-state index in [-0.39, 0.29) is 16.1 Å². The number of esters is 1. The molecule has 0 heterocycles. The van der Waals surface area contributed by atoms with E-state index in [4.69, 9.17) is 25.9 Å². The first-order chi connectivity index (χ1) is 19.1. The average molecular weight is 753 g/mol. The lowest BCUT2D eigenvalue weighted by molar-refractivity contribution is -0.359. The van der Waals surface area contributed by atoms with E-state index in [0.29, 0.717) is 0 Å². The van der Waals surface area contributed by atoms with Crippen LogP contribution in [0.5, 0.6) is 0 Å². The summed E-state index contributed by atoms with van der Waals surface area (Å²) in [6.45, 7) is 26.2. The van der Waals surface area contributed by atoms with Gasteiger partial charge in [-0.1, -0.05) is 20.4 Å². The van der Waals surface area contributed by atoms with E-state index < -0.39 is 97.3 Å². The van der Waals surface area contributed by atoms with Crippen molar-refractivity contribution in [2.45, 2.75) is 129 Å². The normalized spacial score (nSPS) is 17.2. The molecule has 262 valence electrons. The first-order valence-corrected chi connectivity index (χ1v) is 28.7. The van der Waals surface area contributed by atoms with Gasteiger partial charge in [0.05, 0.1) is 5.41 Å². The minimum absolute atomic E-state index is 0.0587. The van der Waals surface area contributed by atoms with E-state index in [1.54, 1.807) is 6.55 Å². The lowest BCUT2D eigenvalue weighted by atomic mass is 9.82. The molecule has 0 rings (SSSR count). The summed E-state index contributed by atoms with van der Waals surface area (Å²) in [5.41, 5.74) is -2.82. The predicted octanol–water partition coefficient (Wildman–Crippen LogP) is 6.71. The molecule has 0 aromatic rings. The fourth-order valence-electron chi connectivity index (χ4n) is 4.23. The summed E-state index contributed by atoms with van der Waals surface area (Å²) in [6.07, 6.45) is -9.14. The molecule has 0 bridgehead atoms. The van der Waals surface area contributed by atoms with Gasteiger partial charge in [-0.3, -0.25) is 0 Å². The van der Waals surface area contributed by atoms with Crippen molar-refractivity contribution in [3.63, 3.8) is 0 Å². The van der Waals surface area contributed by atoms with Gasteiger partial charge in [-0.05, 0) is 77.8 Å². The average Bonchev–Trinajstić information content (AvgIpc) is 2.73. The second-order valence-electron chi connectivity index (χ2n) is 14.5. The van der Waals surface area contributed by atoms with Crippen LogP contribution in [-0.2, 0) is 30.7 Å². The fraction of sp³-hybridized carbons (Fsp3) is 0.875. The molecule has 0 aromatic heterocycles. The van der Waals surface area contributed by atoms with Crippen molar-refractivity contribution in [2.24, 2.45) is 5.41 Å². The highest BCUT2D eigenvalue weighted by Crippen LogP contribution is 2.53. The summed E-state index contributed by atoms with van der Waals surface area (Å²) in [7, 11) is -13.2. The van der Waals surface area contributed by atoms with Crippen LogP contribution in [0.25, 0.3) is 0 Å². The van der Waals surface area contributed by atoms with Crippen molar-refractivity contribution >= 4 is 60.0 Å². The SMILES string of the molecule is C=C(C)C(=O)OC(O[SiH3])(O[Si](C)(O[Si](C)(C)C)O[Si](C)(C)C)C(C)(C)C(CCC(F)(F)C(F)(F)C(F)(F)F)[SiH2]O[Si](C)(C)C. The lowest BCUT2D eigenvalue weighted by Gasteiger charge is -2.51. The maximum atomic E-state index is 14.6. The molecule has 2 atom stereocenters. The molecule has 0 fully saturated rings. The molecule has 0 N–H and O–H groups in total. The summed E-state index contributed by atoms with van der Waals surface area (Å²) in [5.74, 6) is -15.0. The lowest BCUT2D eigenvalue weighted by Crippen LogP contribution is -2.65. The Morgan fingerprint density at radius 3 is 1.59 bits per heavy atom. The molecule has 0 spiro atoms. The first kappa shape index (κ1) is 43.8. The molecule has 0 aliphatic rings. The molecule has 20 heteroatoms. The van der Waals surface area contributed by atoms with Gasteiger partial charge in [-0.25, -0.2) is 4.79 Å². The third kappa shape index (κ3) is 12.4. The monoisotopic (exact) mass is 752 g/mol. The van der Waals surface area contributed by atoms with Crippen molar-refractivity contribution < 1.29 is 61.5 Å². The van der Waals surface area contributed by atoms with Crippen molar-refractivity contribution in [3.05, 3.63) is 12.2 Å². The first-order valence-electron chi connectivity index (χ1n) is 14.1. The summed E-state index contributed by atoms with van der Waals surface area (Å²) in [4.78, 5) is 13.0. The Bertz CT molecular complexity index is 980. The molecule has 0 aliphatic heterocycles. The summed E-state index contributed by atoms with van der Waals surface area (Å²) < 4.78 is 133. The highest BCUT2D eigenvalue weighted by Gasteiger charge is 2.72. The molecular weight excluding hydrogens is 702 g/mol. The zero-order valence-corrected chi connectivity index (χ0v) is 35.8. The summed E-state index contributed by atoms with van der Waals surface area (Å²) >= 11 is 0. The van der Waals surface area contributed by atoms with Crippen LogP contribution in [0.15, 0.2) is 12.2 Å². The van der Waals surface area contributed by atoms with E-state index in [9.17, 15) is 35.5 Å². The van der Waals surface area contributed by atoms with E-state index in [2.05, 4.69) is 6.58 Å². The Morgan fingerprint density at radius 1 is 0.841 bits per heavy atom. The van der Waals surface area contributed by atoms with Crippen molar-refractivity contribution in [1.29, 1.82) is 0 Å². The zero-order chi connectivity index (χ0) is 35.6. The molecule has 44 heavy (non-hydrogen) atoms. The Labute approximate surface area is 267 Å². The molecule has 0 saturated carbocycles. The van der Waals surface area contributed by atoms with Crippen molar-refractivity contribution in [2.75, 3.05) is 0 Å². The van der Waals surface area contributed by atoms with Gasteiger partial charge in [-0.15, -0.1) is 0 Å². The van der Waals surface area contributed by atoms with Crippen LogP contribution in [-0.4, -0.2) is 84.0 Å². The fourth-order valence-corrected chi connectivity index (χ4v) is 19.6. The quantitative estimate of drug-likeness (QED) is 0.0507. The second-order valence-corrected chi connectivity index (χ2v) is 33.6. The molecule has 0 amide bonds. The number of hydrogen-bond donors (Lipinski definition) is 0. The Morgan fingerprint density at radius 2 is 1.27 bits per heavy atom. The predicted molar refractivity (Wildman–Crippen MR) is 172 cm³/mol. The van der Waals surface area contributed by atoms with Gasteiger partial charge in [0.2, 0.25) is 0 Å². The molecule has 0 aliphatic carbocycles. The van der Waals surface area contributed by atoms with Crippen LogP contribution in [0.4, 0.5) is 30.7 Å². The Balaban J connectivity index is 7.29. The van der Waals surface area contributed by atoms with Crippen molar-refractivity contribution in [3.8, 4) is 0 Å². The highest BCUT2D eigenvalue weighted by atomic mass is 28.5. The summed E-state index contributed by atoms with van der Waals surface area (Å²) in [5, 5.41) is 0. The molecular formula is C24H51F7O7Si6. The standard InChI is InChI=1S/C24H51F7O7Si6/c1-17(2)19(32)33-24(34-39,35-44(14,37-42(8,9)10)38-43(11,12)13)20(3,4)18(40-36-41(5,6)7)15-16-21(25,26)22(27,28)23(29,30)31/h18H,1,15-16,40H2,2-14,39H3. The number of hydrogen-bond acceptors (Lipinski definition) is 7. The third-order valence-corrected chi connectivity index (χ3v) is 21.3. The van der Waals surface area contributed by atoms with Gasteiger partial charge in [0.25, 0.3) is 0 Å². The highest BCUT2D eigenvalue weighted by molar-refractivity contribution is 6.85. The molecule has 7 nitrogen and oxygen atoms in total. The molecule has 0 saturated heterocycles. The second kappa shape index (κ2) is 14.5. The number of alkyl halides is 7. The minimum atomic E-state index is -6.47. The number of carbonyl (C=O) groups is 1. The van der Waals surface area contributed by atoms with Crippen LogP contribution in [0.3, 0.4) is 0 Å². The topological polar surface area (TPSA) is 72.5 Å². The smallest absolute Gasteiger partial charge is 0.460 e. The van der Waals surface area contributed by atoms with Gasteiger partial charge in [0.15, 0.2) is 45.2 Å². The zero-order valence-electron chi connectivity index (χ0n) is 28.4. The van der Waals surface area contributed by atoms with E-state index in [0.717, 1.165) is 0 Å². The largest absolute Gasteiger partial charge is 0.481 e. The number of carbonyl (C=O) groups excluding carboxylic acids is 1. The van der Waals surface area contributed by atoms with Crippen LogP contribution < -0.4 is 0 Å². The third-order valence-electron chi connectivity index (χ3n) is 6.30. The maximum Gasteiger partial charge on any atom is 0.481 e. The van der Waals surface area contributed by atoms with E-state index >= 15 is 0 Å². The van der Waals surface area contributed by atoms with Crippen LogP contribution in [0, 0.1) is 5.41 Å². The number of rotatable bonds is 18. The van der Waals surface area contributed by atoms with Crippen LogP contribution in [0.2, 0.25) is 71.0 Å². The molecule has 2 unspecified atom stereocenters. The molecule has 0 radical (unpaired) electrons. The molecule has 0 aromatic carbocycles. The van der Waals surface area contributed by atoms with Gasteiger partial charge in [-0.2, -0.15) is 30.7 Å². The van der Waals surface area contributed by atoms with Gasteiger partial charge >= 0.3 is 38.8 Å². The number of ether oxygens (including phenoxy) is 1. The van der Waals surface area contributed by atoms with Gasteiger partial charge < -0.3 is 25.9 Å².